The third-order valence-corrected chi connectivity index (χ3v) is 2.15. The molecule has 4 nitrogen and oxygen atoms in total. The highest BCUT2D eigenvalue weighted by Gasteiger charge is 1.95. The van der Waals surface area contributed by atoms with Crippen molar-refractivity contribution in [2.75, 3.05) is 5.84 Å². The van der Waals surface area contributed by atoms with Crippen molar-refractivity contribution in [2.45, 2.75) is 0 Å². The number of aromatic amines is 2. The smallest absolute Gasteiger partial charge is 0.197 e. The van der Waals surface area contributed by atoms with E-state index >= 15 is 0 Å². The lowest BCUT2D eigenvalue weighted by Gasteiger charge is -1.95. The number of nitrogen functional groups attached to an aromatic ring is 1. The molecule has 0 aliphatic rings. The van der Waals surface area contributed by atoms with Gasteiger partial charge in [0.2, 0.25) is 0 Å². The zero-order valence-corrected chi connectivity index (χ0v) is 6.46. The molecule has 0 bridgehead atoms. The Morgan fingerprint density at radius 3 is 3.00 bits per heavy atom. The van der Waals surface area contributed by atoms with Crippen LogP contribution in [-0.2, 0) is 6.26 Å². The van der Waals surface area contributed by atoms with E-state index in [1.54, 1.807) is 0 Å². The summed E-state index contributed by atoms with van der Waals surface area (Å²) in [6.07, 6.45) is 1.98. The summed E-state index contributed by atoms with van der Waals surface area (Å²) in [5.41, 5.74) is 0. The highest BCUT2D eigenvalue weighted by Crippen LogP contribution is 2.09. The highest BCUT2D eigenvalue weighted by molar-refractivity contribution is 7.22. The van der Waals surface area contributed by atoms with Gasteiger partial charge in [0.25, 0.3) is 0 Å². The molecule has 1 unspecified atom stereocenters. The Morgan fingerprint density at radius 2 is 2.56 bits per heavy atom. The van der Waals surface area contributed by atoms with Crippen LogP contribution in [0.2, 0.25) is 5.15 Å². The van der Waals surface area contributed by atoms with Crippen LogP contribution in [0.1, 0.15) is 0 Å². The van der Waals surface area contributed by atoms with Crippen molar-refractivity contribution in [1.29, 1.82) is 0 Å². The molecule has 4 N–H and O–H groups in total. The summed E-state index contributed by atoms with van der Waals surface area (Å²) in [6.45, 7) is 0. The van der Waals surface area contributed by atoms with Crippen LogP contribution in [0.15, 0.2) is 5.38 Å². The topological polar surface area (TPSA) is 62.5 Å². The number of aryl methyl sites for hydroxylation is 1. The van der Waals surface area contributed by atoms with Crippen LogP contribution in [0.25, 0.3) is 0 Å². The molecule has 0 aromatic carbocycles. The zero-order valence-electron chi connectivity index (χ0n) is 4.89. The monoisotopic (exact) mass is 167 g/mol. The number of nitrogens with one attached hydrogen (secondary N) is 2. The molecule has 0 amide bonds. The van der Waals surface area contributed by atoms with E-state index in [0.717, 1.165) is 0 Å². The maximum Gasteiger partial charge on any atom is 0.197 e. The van der Waals surface area contributed by atoms with Gasteiger partial charge < -0.3 is 5.84 Å². The number of rotatable bonds is 0. The summed E-state index contributed by atoms with van der Waals surface area (Å²) in [5.74, 6) is 5.31. The Balaban J connectivity index is 3.17. The fourth-order valence-corrected chi connectivity index (χ4v) is 1.76. The standard InChI is InChI=1S/C3H8ClN4S/c1-9-2-3(4)6-8(5)7-9/h2,6-7H,5H2,1H3/q+1. The van der Waals surface area contributed by atoms with Crippen molar-refractivity contribution in [1.82, 2.24) is 14.5 Å². The van der Waals surface area contributed by atoms with E-state index in [4.69, 9.17) is 17.4 Å². The molecule has 1 aromatic rings. The van der Waals surface area contributed by atoms with E-state index < -0.39 is 0 Å². The zero-order chi connectivity index (χ0) is 6.85. The molecule has 1 rings (SSSR count). The van der Waals surface area contributed by atoms with Gasteiger partial charge in [-0.15, -0.1) is 0 Å². The van der Waals surface area contributed by atoms with E-state index in [1.165, 1.54) is 4.91 Å². The third-order valence-electron chi connectivity index (χ3n) is 0.750. The first-order chi connectivity index (χ1) is 4.18. The molecular formula is C3H8ClN4S+. The largest absolute Gasteiger partial charge is 0.306 e. The second-order valence-corrected chi connectivity index (χ2v) is 3.54. The van der Waals surface area contributed by atoms with Crippen LogP contribution in [0.4, 0.5) is 0 Å². The van der Waals surface area contributed by atoms with Gasteiger partial charge in [-0.1, -0.05) is 21.0 Å². The summed E-state index contributed by atoms with van der Waals surface area (Å²) < 4.78 is 2.88. The number of halogens is 1. The SMILES string of the molecule is C[s+]1cc(Cl)[nH]n(N)[nH]1. The van der Waals surface area contributed by atoms with Gasteiger partial charge >= 0.3 is 0 Å². The molecule has 0 fully saturated rings. The number of hydrogen-bond donors (Lipinski definition) is 3. The lowest BCUT2D eigenvalue weighted by Crippen LogP contribution is -2.15. The van der Waals surface area contributed by atoms with Gasteiger partial charge in [-0.25, -0.2) is 5.10 Å². The summed E-state index contributed by atoms with van der Waals surface area (Å²) in [4.78, 5) is 1.24. The molecule has 1 aromatic heterocycles. The Kier molecular flexibility index (Phi) is 1.73. The predicted molar refractivity (Wildman–Crippen MR) is 39.4 cm³/mol. The maximum absolute atomic E-state index is 5.60. The summed E-state index contributed by atoms with van der Waals surface area (Å²) in [7, 11) is -0.0559. The van der Waals surface area contributed by atoms with E-state index in [0.29, 0.717) is 5.15 Å². The molecule has 52 valence electrons. The summed E-state index contributed by atoms with van der Waals surface area (Å²) in [5, 5.41) is 5.05. The van der Waals surface area contributed by atoms with Gasteiger partial charge in [-0.3, -0.25) is 0 Å². The first kappa shape index (κ1) is 6.57. The molecule has 1 heterocycles. The van der Waals surface area contributed by atoms with Crippen molar-refractivity contribution in [3.8, 4) is 0 Å². The molecule has 0 aliphatic carbocycles. The van der Waals surface area contributed by atoms with Gasteiger partial charge in [0.05, 0.1) is 10.7 Å². The van der Waals surface area contributed by atoms with Crippen molar-refractivity contribution in [3.63, 3.8) is 0 Å². The second-order valence-electron chi connectivity index (χ2n) is 1.60. The minimum absolute atomic E-state index is 0.0559. The van der Waals surface area contributed by atoms with Gasteiger partial charge in [0.15, 0.2) is 10.5 Å². The quantitative estimate of drug-likeness (QED) is 0.391. The molecule has 9 heavy (non-hydrogen) atoms. The molecule has 0 saturated heterocycles. The number of hydrogen-bond acceptors (Lipinski definition) is 1. The van der Waals surface area contributed by atoms with Crippen LogP contribution in [-0.4, -0.2) is 14.5 Å². The molecule has 0 saturated carbocycles. The Labute approximate surface area is 60.0 Å². The average molecular weight is 168 g/mol. The minimum atomic E-state index is -0.0559. The minimum Gasteiger partial charge on any atom is -0.306 e. The van der Waals surface area contributed by atoms with Crippen molar-refractivity contribution >= 4 is 22.3 Å². The van der Waals surface area contributed by atoms with E-state index in [9.17, 15) is 0 Å². The summed E-state index contributed by atoms with van der Waals surface area (Å²) >= 11 is 5.60. The average Bonchev–Trinajstić information content (AvgIpc) is 1.59. The maximum atomic E-state index is 5.60. The molecule has 0 aliphatic heterocycles. The Bertz CT molecular complexity index is 177. The van der Waals surface area contributed by atoms with Gasteiger partial charge in [-0.05, 0) is 0 Å². The lowest BCUT2D eigenvalue weighted by atomic mass is 11.0. The highest BCUT2D eigenvalue weighted by atomic mass is 35.5. The Morgan fingerprint density at radius 1 is 1.89 bits per heavy atom. The first-order valence-corrected chi connectivity index (χ1v) is 4.36. The van der Waals surface area contributed by atoms with E-state index in [-0.39, 0.29) is 10.7 Å². The lowest BCUT2D eigenvalue weighted by molar-refractivity contribution is 0.697. The predicted octanol–water partition coefficient (Wildman–Crippen LogP) is 0.922. The van der Waals surface area contributed by atoms with Crippen LogP contribution in [0.3, 0.4) is 0 Å². The van der Waals surface area contributed by atoms with Gasteiger partial charge in [0.1, 0.15) is 6.26 Å². The van der Waals surface area contributed by atoms with E-state index in [2.05, 4.69) is 9.59 Å². The molecule has 1 atom stereocenters. The second kappa shape index (κ2) is 2.36. The van der Waals surface area contributed by atoms with Crippen LogP contribution in [0.5, 0.6) is 0 Å². The normalized spacial score (nSPS) is 11.6. The first-order valence-electron chi connectivity index (χ1n) is 2.28. The van der Waals surface area contributed by atoms with Crippen LogP contribution in [0, 0.1) is 0 Å². The van der Waals surface area contributed by atoms with E-state index in [1.807, 2.05) is 11.6 Å². The van der Waals surface area contributed by atoms with Gasteiger partial charge in [-0.2, -0.15) is 0 Å². The van der Waals surface area contributed by atoms with Gasteiger partial charge in [0, 0.05) is 0 Å². The van der Waals surface area contributed by atoms with Crippen molar-refractivity contribution < 1.29 is 0 Å². The fourth-order valence-electron chi connectivity index (χ4n) is 0.501. The third kappa shape index (κ3) is 1.69. The fraction of sp³-hybridized carbons (Fsp3) is 0.333. The number of nitrogens with two attached hydrogens (primary N) is 1. The molecular weight excluding hydrogens is 160 g/mol. The van der Waals surface area contributed by atoms with Crippen molar-refractivity contribution in [3.05, 3.63) is 10.5 Å². The number of H-pyrrole nitrogens is 2. The van der Waals surface area contributed by atoms with Crippen LogP contribution < -0.4 is 5.84 Å². The number of nitrogens with zero attached hydrogens (tertiary/aromatic N) is 1. The number of aromatic nitrogens is 3. The molecule has 6 heteroatoms. The molecule has 0 radical (unpaired) electrons. The van der Waals surface area contributed by atoms with Crippen LogP contribution >= 0.6 is 22.3 Å². The summed E-state index contributed by atoms with van der Waals surface area (Å²) in [6, 6.07) is 0. The Hall–Kier alpha value is -0.550. The van der Waals surface area contributed by atoms with Crippen molar-refractivity contribution in [2.24, 2.45) is 6.26 Å². The molecule has 0 spiro atoms.